The van der Waals surface area contributed by atoms with Gasteiger partial charge < -0.3 is 15.0 Å². The molecular formula is C20H26ClN3O4S. The molecule has 158 valence electrons. The molecule has 0 bridgehead atoms. The lowest BCUT2D eigenvalue weighted by molar-refractivity contribution is -0.116. The topological polar surface area (TPSA) is 79.0 Å². The van der Waals surface area contributed by atoms with Crippen molar-refractivity contribution in [2.75, 3.05) is 46.2 Å². The second-order valence-electron chi connectivity index (χ2n) is 6.69. The summed E-state index contributed by atoms with van der Waals surface area (Å²) in [6.07, 6.45) is 0.239. The van der Waals surface area contributed by atoms with Gasteiger partial charge in [0.2, 0.25) is 15.9 Å². The van der Waals surface area contributed by atoms with Crippen LogP contribution in [0.1, 0.15) is 6.42 Å². The minimum absolute atomic E-state index is 0.0670. The SMILES string of the molecule is CN(CCOc1ccccc1)CCC(=O)Nc1cc(S(=O)(=O)N(C)C)ccc1Cl. The summed E-state index contributed by atoms with van der Waals surface area (Å²) in [6.45, 7) is 1.70. The van der Waals surface area contributed by atoms with E-state index < -0.39 is 10.0 Å². The van der Waals surface area contributed by atoms with Gasteiger partial charge in [0.05, 0.1) is 15.6 Å². The molecule has 1 amide bonds. The molecule has 2 aromatic rings. The summed E-state index contributed by atoms with van der Waals surface area (Å²) in [5.74, 6) is 0.558. The van der Waals surface area contributed by atoms with Crippen molar-refractivity contribution in [3.63, 3.8) is 0 Å². The predicted molar refractivity (Wildman–Crippen MR) is 115 cm³/mol. The molecule has 0 atom stereocenters. The zero-order chi connectivity index (χ0) is 21.4. The number of hydrogen-bond donors (Lipinski definition) is 1. The lowest BCUT2D eigenvalue weighted by atomic mass is 10.3. The molecule has 0 aliphatic rings. The minimum Gasteiger partial charge on any atom is -0.492 e. The van der Waals surface area contributed by atoms with Crippen LogP contribution in [0.2, 0.25) is 5.02 Å². The summed E-state index contributed by atoms with van der Waals surface area (Å²) in [5.41, 5.74) is 0.273. The molecule has 0 aromatic heterocycles. The number of halogens is 1. The average Bonchev–Trinajstić information content (AvgIpc) is 2.68. The molecule has 0 fully saturated rings. The maximum absolute atomic E-state index is 12.3. The van der Waals surface area contributed by atoms with Crippen LogP contribution in [-0.2, 0) is 14.8 Å². The van der Waals surface area contributed by atoms with E-state index in [2.05, 4.69) is 5.32 Å². The fraction of sp³-hybridized carbons (Fsp3) is 0.350. The van der Waals surface area contributed by atoms with E-state index in [9.17, 15) is 13.2 Å². The van der Waals surface area contributed by atoms with Crippen LogP contribution in [0.4, 0.5) is 5.69 Å². The number of likely N-dealkylation sites (N-methyl/N-ethyl adjacent to an activating group) is 1. The lowest BCUT2D eigenvalue weighted by Crippen LogP contribution is -2.28. The van der Waals surface area contributed by atoms with Gasteiger partial charge in [-0.3, -0.25) is 4.79 Å². The number of ether oxygens (including phenoxy) is 1. The van der Waals surface area contributed by atoms with Crippen molar-refractivity contribution in [3.05, 3.63) is 53.6 Å². The molecule has 0 saturated carbocycles. The maximum Gasteiger partial charge on any atom is 0.242 e. The number of nitrogens with one attached hydrogen (secondary N) is 1. The largest absolute Gasteiger partial charge is 0.492 e. The van der Waals surface area contributed by atoms with E-state index in [0.29, 0.717) is 19.7 Å². The van der Waals surface area contributed by atoms with E-state index in [1.54, 1.807) is 0 Å². The molecule has 9 heteroatoms. The van der Waals surface area contributed by atoms with E-state index in [1.165, 1.54) is 32.3 Å². The standard InChI is InChI=1S/C20H26ClN3O4S/c1-23(2)29(26,27)17-9-10-18(21)19(15-17)22-20(25)11-12-24(3)13-14-28-16-7-5-4-6-8-16/h4-10,15H,11-14H2,1-3H3,(H,22,25). The van der Waals surface area contributed by atoms with Crippen LogP contribution in [0, 0.1) is 0 Å². The first kappa shape index (κ1) is 23.2. The Balaban J connectivity index is 1.84. The Hall–Kier alpha value is -2.13. The fourth-order valence-corrected chi connectivity index (χ4v) is 3.52. The fourth-order valence-electron chi connectivity index (χ4n) is 2.42. The van der Waals surface area contributed by atoms with Crippen LogP contribution in [0.3, 0.4) is 0 Å². The van der Waals surface area contributed by atoms with Crippen LogP contribution in [-0.4, -0.2) is 64.4 Å². The Bertz CT molecular complexity index is 921. The molecule has 0 spiro atoms. The monoisotopic (exact) mass is 439 g/mol. The summed E-state index contributed by atoms with van der Waals surface area (Å²) >= 11 is 6.11. The van der Waals surface area contributed by atoms with Gasteiger partial charge in [0, 0.05) is 33.6 Å². The Labute approximate surface area is 177 Å². The molecule has 0 radical (unpaired) electrons. The molecular weight excluding hydrogens is 414 g/mol. The molecule has 29 heavy (non-hydrogen) atoms. The third kappa shape index (κ3) is 7.01. The number of amides is 1. The summed E-state index contributed by atoms with van der Waals surface area (Å²) in [7, 11) is 1.18. The number of para-hydroxylation sites is 1. The van der Waals surface area contributed by atoms with Gasteiger partial charge in [-0.1, -0.05) is 29.8 Å². The molecule has 0 unspecified atom stereocenters. The summed E-state index contributed by atoms with van der Waals surface area (Å²) in [4.78, 5) is 14.3. The number of nitrogens with zero attached hydrogens (tertiary/aromatic N) is 2. The van der Waals surface area contributed by atoms with Gasteiger partial charge in [-0.25, -0.2) is 12.7 Å². The first-order valence-corrected chi connectivity index (χ1v) is 10.9. The van der Waals surface area contributed by atoms with Crippen LogP contribution in [0.5, 0.6) is 5.75 Å². The zero-order valence-electron chi connectivity index (χ0n) is 16.8. The molecule has 1 N–H and O–H groups in total. The highest BCUT2D eigenvalue weighted by molar-refractivity contribution is 7.89. The number of rotatable bonds is 10. The molecule has 0 heterocycles. The molecule has 0 aliphatic carbocycles. The van der Waals surface area contributed by atoms with Crippen molar-refractivity contribution in [1.82, 2.24) is 9.21 Å². The van der Waals surface area contributed by atoms with Gasteiger partial charge in [0.25, 0.3) is 0 Å². The Morgan fingerprint density at radius 3 is 2.41 bits per heavy atom. The second-order valence-corrected chi connectivity index (χ2v) is 9.25. The molecule has 0 saturated heterocycles. The second kappa shape index (κ2) is 10.6. The van der Waals surface area contributed by atoms with Crippen LogP contribution in [0.15, 0.2) is 53.4 Å². The summed E-state index contributed by atoms with van der Waals surface area (Å²) in [5, 5.41) is 2.97. The van der Waals surface area contributed by atoms with Gasteiger partial charge in [0.15, 0.2) is 0 Å². The van der Waals surface area contributed by atoms with Crippen molar-refractivity contribution < 1.29 is 17.9 Å². The lowest BCUT2D eigenvalue weighted by Gasteiger charge is -2.17. The highest BCUT2D eigenvalue weighted by Gasteiger charge is 2.19. The van der Waals surface area contributed by atoms with Crippen molar-refractivity contribution in [2.24, 2.45) is 0 Å². The van der Waals surface area contributed by atoms with Crippen LogP contribution in [0.25, 0.3) is 0 Å². The first-order chi connectivity index (χ1) is 13.7. The predicted octanol–water partition coefficient (Wildman–Crippen LogP) is 2.93. The van der Waals surface area contributed by atoms with E-state index in [1.807, 2.05) is 42.3 Å². The smallest absolute Gasteiger partial charge is 0.242 e. The number of hydrogen-bond acceptors (Lipinski definition) is 5. The van der Waals surface area contributed by atoms with Gasteiger partial charge >= 0.3 is 0 Å². The number of carbonyl (C=O) groups is 1. The Kier molecular flexibility index (Phi) is 8.45. The van der Waals surface area contributed by atoms with E-state index in [-0.39, 0.29) is 27.9 Å². The molecule has 0 aliphatic heterocycles. The molecule has 2 aromatic carbocycles. The summed E-state index contributed by atoms with van der Waals surface area (Å²) < 4.78 is 31.2. The maximum atomic E-state index is 12.3. The third-order valence-electron chi connectivity index (χ3n) is 4.20. The molecule has 2 rings (SSSR count). The highest BCUT2D eigenvalue weighted by atomic mass is 35.5. The first-order valence-electron chi connectivity index (χ1n) is 9.08. The highest BCUT2D eigenvalue weighted by Crippen LogP contribution is 2.26. The average molecular weight is 440 g/mol. The molecule has 7 nitrogen and oxygen atoms in total. The van der Waals surface area contributed by atoms with Crippen molar-refractivity contribution in [2.45, 2.75) is 11.3 Å². The number of sulfonamides is 1. The Morgan fingerprint density at radius 2 is 1.76 bits per heavy atom. The van der Waals surface area contributed by atoms with E-state index in [0.717, 1.165) is 10.1 Å². The Morgan fingerprint density at radius 1 is 1.07 bits per heavy atom. The minimum atomic E-state index is -3.61. The third-order valence-corrected chi connectivity index (χ3v) is 6.34. The van der Waals surface area contributed by atoms with Gasteiger partial charge in [-0.15, -0.1) is 0 Å². The number of carbonyl (C=O) groups excluding carboxylic acids is 1. The number of anilines is 1. The van der Waals surface area contributed by atoms with Gasteiger partial charge in [-0.2, -0.15) is 0 Å². The van der Waals surface area contributed by atoms with Gasteiger partial charge in [0.1, 0.15) is 12.4 Å². The van der Waals surface area contributed by atoms with Crippen molar-refractivity contribution >= 4 is 33.2 Å². The van der Waals surface area contributed by atoms with Crippen LogP contribution >= 0.6 is 11.6 Å². The normalized spacial score (nSPS) is 11.7. The van der Waals surface area contributed by atoms with Crippen molar-refractivity contribution in [3.8, 4) is 5.75 Å². The van der Waals surface area contributed by atoms with E-state index >= 15 is 0 Å². The number of benzene rings is 2. The zero-order valence-corrected chi connectivity index (χ0v) is 18.3. The van der Waals surface area contributed by atoms with Crippen molar-refractivity contribution in [1.29, 1.82) is 0 Å². The quantitative estimate of drug-likeness (QED) is 0.615. The van der Waals surface area contributed by atoms with E-state index in [4.69, 9.17) is 16.3 Å². The summed E-state index contributed by atoms with van der Waals surface area (Å²) in [6, 6.07) is 13.8. The van der Waals surface area contributed by atoms with Crippen LogP contribution < -0.4 is 10.1 Å². The van der Waals surface area contributed by atoms with Gasteiger partial charge in [-0.05, 0) is 37.4 Å².